The van der Waals surface area contributed by atoms with Gasteiger partial charge in [-0.25, -0.2) is 8.78 Å². The number of phenols is 1. The summed E-state index contributed by atoms with van der Waals surface area (Å²) in [6.07, 6.45) is 0. The molecule has 19 heavy (non-hydrogen) atoms. The number of halogens is 3. The molecule has 0 aliphatic heterocycles. The van der Waals surface area contributed by atoms with Crippen LogP contribution >= 0.6 is 15.9 Å². The number of nitrogens with one attached hydrogen (secondary N) is 1. The van der Waals surface area contributed by atoms with Gasteiger partial charge in [0.2, 0.25) is 0 Å². The minimum absolute atomic E-state index is 0.298. The van der Waals surface area contributed by atoms with E-state index in [-0.39, 0.29) is 11.6 Å². The Bertz CT molecular complexity index is 588. The van der Waals surface area contributed by atoms with E-state index in [0.717, 1.165) is 10.0 Å². The topological polar surface area (TPSA) is 32.3 Å². The molecule has 100 valence electrons. The Hall–Kier alpha value is -1.46. The zero-order valence-electron chi connectivity index (χ0n) is 9.96. The highest BCUT2D eigenvalue weighted by atomic mass is 79.9. The van der Waals surface area contributed by atoms with Crippen LogP contribution in [0.3, 0.4) is 0 Å². The molecule has 0 aliphatic rings. The van der Waals surface area contributed by atoms with E-state index in [0.29, 0.717) is 18.7 Å². The molecular formula is C14H12BrF2NO. The Labute approximate surface area is 118 Å². The van der Waals surface area contributed by atoms with E-state index in [1.165, 1.54) is 24.3 Å². The number of aromatic hydroxyl groups is 1. The Morgan fingerprint density at radius 2 is 1.79 bits per heavy atom. The molecule has 0 unspecified atom stereocenters. The van der Waals surface area contributed by atoms with Gasteiger partial charge in [-0.1, -0.05) is 28.1 Å². The van der Waals surface area contributed by atoms with Crippen LogP contribution in [0.4, 0.5) is 8.78 Å². The van der Waals surface area contributed by atoms with Crippen LogP contribution in [0, 0.1) is 11.6 Å². The van der Waals surface area contributed by atoms with Crippen LogP contribution in [0.5, 0.6) is 5.75 Å². The number of benzene rings is 2. The second-order valence-corrected chi connectivity index (χ2v) is 4.94. The Kier molecular flexibility index (Phi) is 4.50. The SMILES string of the molecule is Oc1c(F)cccc1CNCc1cc(F)ccc1Br. The van der Waals surface area contributed by atoms with E-state index in [1.807, 2.05) is 0 Å². The number of para-hydroxylation sites is 1. The quantitative estimate of drug-likeness (QED) is 0.896. The fourth-order valence-electron chi connectivity index (χ4n) is 1.71. The molecular weight excluding hydrogens is 316 g/mol. The highest BCUT2D eigenvalue weighted by Crippen LogP contribution is 2.21. The van der Waals surface area contributed by atoms with Crippen LogP contribution in [-0.4, -0.2) is 5.11 Å². The largest absolute Gasteiger partial charge is 0.505 e. The fourth-order valence-corrected chi connectivity index (χ4v) is 2.10. The Morgan fingerprint density at radius 3 is 2.58 bits per heavy atom. The molecule has 0 saturated heterocycles. The summed E-state index contributed by atoms with van der Waals surface area (Å²) in [6, 6.07) is 8.78. The first-order valence-corrected chi connectivity index (χ1v) is 6.48. The van der Waals surface area contributed by atoms with Gasteiger partial charge in [0.1, 0.15) is 5.82 Å². The lowest BCUT2D eigenvalue weighted by Crippen LogP contribution is -2.13. The van der Waals surface area contributed by atoms with Gasteiger partial charge >= 0.3 is 0 Å². The molecule has 0 amide bonds. The third-order valence-electron chi connectivity index (χ3n) is 2.71. The van der Waals surface area contributed by atoms with Crippen LogP contribution in [0.25, 0.3) is 0 Å². The van der Waals surface area contributed by atoms with Gasteiger partial charge in [0.15, 0.2) is 11.6 Å². The van der Waals surface area contributed by atoms with E-state index in [2.05, 4.69) is 21.2 Å². The average Bonchev–Trinajstić information content (AvgIpc) is 2.38. The number of hydrogen-bond acceptors (Lipinski definition) is 2. The van der Waals surface area contributed by atoms with Crippen molar-refractivity contribution in [1.82, 2.24) is 5.32 Å². The van der Waals surface area contributed by atoms with Crippen LogP contribution in [0.1, 0.15) is 11.1 Å². The average molecular weight is 328 g/mol. The molecule has 2 rings (SSSR count). The van der Waals surface area contributed by atoms with Gasteiger partial charge < -0.3 is 10.4 Å². The zero-order valence-corrected chi connectivity index (χ0v) is 11.5. The smallest absolute Gasteiger partial charge is 0.165 e. The van der Waals surface area contributed by atoms with Crippen molar-refractivity contribution in [3.05, 3.63) is 63.6 Å². The number of rotatable bonds is 4. The summed E-state index contributed by atoms with van der Waals surface area (Å²) in [5.41, 5.74) is 1.23. The number of phenolic OH excluding ortho intramolecular Hbond substituents is 1. The third kappa shape index (κ3) is 3.52. The summed E-state index contributed by atoms with van der Waals surface area (Å²) >= 11 is 3.33. The second kappa shape index (κ2) is 6.12. The maximum absolute atomic E-state index is 13.1. The van der Waals surface area contributed by atoms with Gasteiger partial charge in [-0.2, -0.15) is 0 Å². The van der Waals surface area contributed by atoms with E-state index < -0.39 is 5.82 Å². The standard InChI is InChI=1S/C14H12BrF2NO/c15-12-5-4-11(16)6-10(12)8-18-7-9-2-1-3-13(17)14(9)19/h1-6,18-19H,7-8H2. The van der Waals surface area contributed by atoms with Crippen molar-refractivity contribution >= 4 is 15.9 Å². The summed E-state index contributed by atoms with van der Waals surface area (Å²) in [6.45, 7) is 0.709. The van der Waals surface area contributed by atoms with Crippen LogP contribution in [0.2, 0.25) is 0 Å². The van der Waals surface area contributed by atoms with Crippen LogP contribution in [0.15, 0.2) is 40.9 Å². The molecule has 2 N–H and O–H groups in total. The molecule has 2 aromatic carbocycles. The van der Waals surface area contributed by atoms with Crippen LogP contribution < -0.4 is 5.32 Å². The van der Waals surface area contributed by atoms with Crippen molar-refractivity contribution in [2.45, 2.75) is 13.1 Å². The van der Waals surface area contributed by atoms with Crippen molar-refractivity contribution in [1.29, 1.82) is 0 Å². The van der Waals surface area contributed by atoms with Gasteiger partial charge in [-0.3, -0.25) is 0 Å². The fraction of sp³-hybridized carbons (Fsp3) is 0.143. The van der Waals surface area contributed by atoms with E-state index in [4.69, 9.17) is 0 Å². The van der Waals surface area contributed by atoms with Crippen molar-refractivity contribution in [3.63, 3.8) is 0 Å². The molecule has 0 spiro atoms. The molecule has 0 heterocycles. The number of hydrogen-bond donors (Lipinski definition) is 2. The summed E-state index contributed by atoms with van der Waals surface area (Å²) in [5.74, 6) is -1.31. The highest BCUT2D eigenvalue weighted by Gasteiger charge is 2.06. The van der Waals surface area contributed by atoms with Crippen molar-refractivity contribution in [2.24, 2.45) is 0 Å². The van der Waals surface area contributed by atoms with E-state index >= 15 is 0 Å². The lowest BCUT2D eigenvalue weighted by Gasteiger charge is -2.09. The molecule has 2 aromatic rings. The molecule has 0 saturated carbocycles. The van der Waals surface area contributed by atoms with Gasteiger partial charge in [-0.05, 0) is 29.8 Å². The Morgan fingerprint density at radius 1 is 1.05 bits per heavy atom. The molecule has 0 fully saturated rings. The van der Waals surface area contributed by atoms with Crippen molar-refractivity contribution in [3.8, 4) is 5.75 Å². The van der Waals surface area contributed by atoms with Gasteiger partial charge in [0, 0.05) is 23.1 Å². The molecule has 0 aliphatic carbocycles. The first kappa shape index (κ1) is 14.0. The van der Waals surface area contributed by atoms with E-state index in [9.17, 15) is 13.9 Å². The lowest BCUT2D eigenvalue weighted by molar-refractivity contribution is 0.423. The van der Waals surface area contributed by atoms with Gasteiger partial charge in [-0.15, -0.1) is 0 Å². The summed E-state index contributed by atoms with van der Waals surface area (Å²) in [7, 11) is 0. The lowest BCUT2D eigenvalue weighted by atomic mass is 10.1. The third-order valence-corrected chi connectivity index (χ3v) is 3.48. The monoisotopic (exact) mass is 327 g/mol. The maximum atomic E-state index is 13.1. The van der Waals surface area contributed by atoms with Crippen molar-refractivity contribution < 1.29 is 13.9 Å². The maximum Gasteiger partial charge on any atom is 0.165 e. The van der Waals surface area contributed by atoms with Gasteiger partial charge in [0.25, 0.3) is 0 Å². The minimum Gasteiger partial charge on any atom is -0.505 e. The molecule has 0 aromatic heterocycles. The molecule has 2 nitrogen and oxygen atoms in total. The van der Waals surface area contributed by atoms with E-state index in [1.54, 1.807) is 12.1 Å². The molecule has 5 heteroatoms. The summed E-state index contributed by atoms with van der Waals surface area (Å²) in [5, 5.41) is 12.5. The molecule has 0 radical (unpaired) electrons. The predicted octanol–water partition coefficient (Wildman–Crippen LogP) is 3.72. The van der Waals surface area contributed by atoms with Gasteiger partial charge in [0.05, 0.1) is 0 Å². The normalized spacial score (nSPS) is 10.7. The van der Waals surface area contributed by atoms with Crippen LogP contribution in [-0.2, 0) is 13.1 Å². The first-order valence-electron chi connectivity index (χ1n) is 5.69. The summed E-state index contributed by atoms with van der Waals surface area (Å²) < 4.78 is 27.0. The predicted molar refractivity (Wildman–Crippen MR) is 72.7 cm³/mol. The summed E-state index contributed by atoms with van der Waals surface area (Å²) in [4.78, 5) is 0. The molecule has 0 bridgehead atoms. The minimum atomic E-state index is -0.647. The Balaban J connectivity index is 2.00. The first-order chi connectivity index (χ1) is 9.08. The second-order valence-electron chi connectivity index (χ2n) is 4.09. The zero-order chi connectivity index (χ0) is 13.8. The highest BCUT2D eigenvalue weighted by molar-refractivity contribution is 9.10. The molecule has 0 atom stereocenters. The van der Waals surface area contributed by atoms with Crippen molar-refractivity contribution in [2.75, 3.05) is 0 Å².